The van der Waals surface area contributed by atoms with E-state index in [4.69, 9.17) is 18.6 Å². The van der Waals surface area contributed by atoms with Gasteiger partial charge in [-0.3, -0.25) is 0 Å². The lowest BCUT2D eigenvalue weighted by atomic mass is 9.70. The number of hydrogen-bond acceptors (Lipinski definition) is 4. The summed E-state index contributed by atoms with van der Waals surface area (Å²) in [4.78, 5) is 0. The van der Waals surface area contributed by atoms with Crippen LogP contribution in [0.2, 0.25) is 0 Å². The third kappa shape index (κ3) is 7.73. The van der Waals surface area contributed by atoms with Gasteiger partial charge in [-0.25, -0.2) is 0 Å². The van der Waals surface area contributed by atoms with Crippen LogP contribution < -0.4 is 10.9 Å². The Kier molecular flexibility index (Phi) is 12.3. The van der Waals surface area contributed by atoms with Gasteiger partial charge in [0.15, 0.2) is 0 Å². The first kappa shape index (κ1) is 33.3. The minimum absolute atomic E-state index is 0.305. The Balaban J connectivity index is 1.50. The Morgan fingerprint density at radius 3 is 1.20 bits per heavy atom. The second kappa shape index (κ2) is 17.0. The summed E-state index contributed by atoms with van der Waals surface area (Å²) in [5.74, 6) is 0. The van der Waals surface area contributed by atoms with Crippen molar-refractivity contribution in [1.29, 1.82) is 0 Å². The lowest BCUT2D eigenvalue weighted by Crippen LogP contribution is -2.33. The van der Waals surface area contributed by atoms with Crippen LogP contribution in [0.5, 0.6) is 0 Å². The van der Waals surface area contributed by atoms with Crippen molar-refractivity contribution >= 4 is 46.7 Å². The van der Waals surface area contributed by atoms with Gasteiger partial charge in [0.25, 0.3) is 0 Å². The zero-order chi connectivity index (χ0) is 31.6. The van der Waals surface area contributed by atoms with Crippen LogP contribution in [0.25, 0.3) is 32.7 Å². The average molecular weight is 618 g/mol. The maximum atomic E-state index is 6.13. The monoisotopic (exact) mass is 618 g/mol. The highest BCUT2D eigenvalue weighted by Crippen LogP contribution is 2.40. The van der Waals surface area contributed by atoms with Crippen molar-refractivity contribution in [2.24, 2.45) is 0 Å². The third-order valence-corrected chi connectivity index (χ3v) is 9.92. The number of benzene rings is 4. The number of rotatable bonds is 17. The van der Waals surface area contributed by atoms with Crippen LogP contribution in [-0.2, 0) is 31.5 Å². The molecule has 0 atom stereocenters. The van der Waals surface area contributed by atoms with Crippen LogP contribution in [0.4, 0.5) is 0 Å². The molecular weight excluding hydrogens is 566 g/mol. The zero-order valence-corrected chi connectivity index (χ0v) is 28.3. The van der Waals surface area contributed by atoms with Crippen molar-refractivity contribution in [3.63, 3.8) is 0 Å². The molecule has 0 amide bonds. The van der Waals surface area contributed by atoms with E-state index < -0.39 is 0 Å². The summed E-state index contributed by atoms with van der Waals surface area (Å²) in [7, 11) is -0.610. The molecule has 0 radical (unpaired) electrons. The van der Waals surface area contributed by atoms with Crippen LogP contribution in [0.15, 0.2) is 60.7 Å². The second-order valence-electron chi connectivity index (χ2n) is 13.3. The van der Waals surface area contributed by atoms with Crippen LogP contribution in [0.3, 0.4) is 0 Å². The van der Waals surface area contributed by atoms with Gasteiger partial charge in [-0.15, -0.1) is 0 Å². The van der Waals surface area contributed by atoms with Crippen molar-refractivity contribution in [3.05, 3.63) is 71.8 Å². The van der Waals surface area contributed by atoms with Gasteiger partial charge in [-0.05, 0) is 80.4 Å². The molecule has 0 spiro atoms. The van der Waals surface area contributed by atoms with E-state index in [-0.39, 0.29) is 14.2 Å². The average Bonchev–Trinajstić information content (AvgIpc) is 3.83. The molecule has 2 fully saturated rings. The molecule has 6 rings (SSSR count). The van der Waals surface area contributed by atoms with E-state index >= 15 is 0 Å². The van der Waals surface area contributed by atoms with Crippen LogP contribution in [0.1, 0.15) is 102 Å². The van der Waals surface area contributed by atoms with E-state index in [0.717, 1.165) is 12.8 Å². The molecule has 0 aromatic heterocycles. The summed E-state index contributed by atoms with van der Waals surface area (Å²) in [6, 6.07) is 22.8. The van der Waals surface area contributed by atoms with Crippen molar-refractivity contribution in [3.8, 4) is 11.1 Å². The molecule has 2 saturated heterocycles. The predicted molar refractivity (Wildman–Crippen MR) is 196 cm³/mol. The molecule has 242 valence electrons. The van der Waals surface area contributed by atoms with Crippen molar-refractivity contribution in [1.82, 2.24) is 0 Å². The summed E-state index contributed by atoms with van der Waals surface area (Å²) in [6.45, 7) is 7.17. The minimum atomic E-state index is -0.305. The standard InChI is InChI=1S/C40H52B2O4/c1-3-5-7-9-11-13-19-31-29-37(41-43-25-26-44-41)33-21-15-17-23-35(33)39(31)40-32(20-14-12-10-8-6-4-2)30-38(42-45-27-28-46-42)34-22-16-18-24-36(34)40/h15-18,21-24,29-30H,3-14,19-20,25-28H2,1-2H3. The predicted octanol–water partition coefficient (Wildman–Crippen LogP) is 8.95. The van der Waals surface area contributed by atoms with Gasteiger partial charge in [0, 0.05) is 0 Å². The van der Waals surface area contributed by atoms with Crippen LogP contribution in [-0.4, -0.2) is 40.7 Å². The van der Waals surface area contributed by atoms with E-state index in [1.807, 2.05) is 0 Å². The molecule has 4 aromatic rings. The quantitative estimate of drug-likeness (QED) is 0.0875. The fourth-order valence-corrected chi connectivity index (χ4v) is 7.57. The number of unbranched alkanes of at least 4 members (excludes halogenated alkanes) is 10. The molecule has 0 N–H and O–H groups in total. The molecule has 2 aliphatic heterocycles. The summed E-state index contributed by atoms with van der Waals surface area (Å²) < 4.78 is 24.5. The lowest BCUT2D eigenvalue weighted by molar-refractivity contribution is 0.365. The first-order chi connectivity index (χ1) is 22.8. The molecule has 2 aliphatic rings. The van der Waals surface area contributed by atoms with Gasteiger partial charge in [0.2, 0.25) is 0 Å². The van der Waals surface area contributed by atoms with Gasteiger partial charge in [-0.1, -0.05) is 139 Å². The van der Waals surface area contributed by atoms with E-state index in [0.29, 0.717) is 26.4 Å². The Hall–Kier alpha value is -2.63. The summed E-state index contributed by atoms with van der Waals surface area (Å²) in [5, 5.41) is 5.07. The topological polar surface area (TPSA) is 36.9 Å². The second-order valence-corrected chi connectivity index (χ2v) is 13.3. The normalized spacial score (nSPS) is 15.2. The highest BCUT2D eigenvalue weighted by molar-refractivity contribution is 6.65. The number of hydrogen-bond donors (Lipinski definition) is 0. The van der Waals surface area contributed by atoms with Crippen molar-refractivity contribution in [2.75, 3.05) is 26.4 Å². The first-order valence-corrected chi connectivity index (χ1v) is 18.4. The van der Waals surface area contributed by atoms with E-state index in [1.54, 1.807) is 0 Å². The lowest BCUT2D eigenvalue weighted by Gasteiger charge is -2.23. The smallest absolute Gasteiger partial charge is 0.405 e. The number of aryl methyl sites for hydroxylation is 2. The maximum Gasteiger partial charge on any atom is 0.494 e. The summed E-state index contributed by atoms with van der Waals surface area (Å²) in [5.41, 5.74) is 7.95. The molecule has 0 saturated carbocycles. The Bertz CT molecular complexity index is 1440. The van der Waals surface area contributed by atoms with E-state index in [2.05, 4.69) is 74.5 Å². The van der Waals surface area contributed by atoms with Crippen molar-refractivity contribution < 1.29 is 18.6 Å². The molecule has 4 aromatic carbocycles. The van der Waals surface area contributed by atoms with Gasteiger partial charge in [0.05, 0.1) is 26.4 Å². The fraction of sp³-hybridized carbons (Fsp3) is 0.500. The third-order valence-electron chi connectivity index (χ3n) is 9.92. The fourth-order valence-electron chi connectivity index (χ4n) is 7.57. The molecule has 46 heavy (non-hydrogen) atoms. The molecule has 2 heterocycles. The first-order valence-electron chi connectivity index (χ1n) is 18.4. The molecule has 6 heteroatoms. The Morgan fingerprint density at radius 1 is 0.457 bits per heavy atom. The zero-order valence-electron chi connectivity index (χ0n) is 28.3. The molecule has 0 bridgehead atoms. The van der Waals surface area contributed by atoms with E-state index in [1.165, 1.54) is 132 Å². The molecule has 0 aliphatic carbocycles. The van der Waals surface area contributed by atoms with Crippen LogP contribution >= 0.6 is 0 Å². The van der Waals surface area contributed by atoms with Gasteiger partial charge in [0.1, 0.15) is 0 Å². The maximum absolute atomic E-state index is 6.13. The van der Waals surface area contributed by atoms with Crippen LogP contribution in [0, 0.1) is 0 Å². The molecule has 4 nitrogen and oxygen atoms in total. The Morgan fingerprint density at radius 2 is 0.804 bits per heavy atom. The number of fused-ring (bicyclic) bond motifs is 2. The SMILES string of the molecule is CCCCCCCCc1cc(B2OCCO2)c2ccccc2c1-c1c(CCCCCCCC)cc(B2OCCO2)c2ccccc12. The van der Waals surface area contributed by atoms with Crippen molar-refractivity contribution in [2.45, 2.75) is 104 Å². The highest BCUT2D eigenvalue weighted by atomic mass is 16.6. The van der Waals surface area contributed by atoms with Gasteiger partial charge in [-0.2, -0.15) is 0 Å². The summed E-state index contributed by atoms with van der Waals surface area (Å²) in [6.07, 6.45) is 17.5. The van der Waals surface area contributed by atoms with Gasteiger partial charge < -0.3 is 18.6 Å². The molecule has 0 unspecified atom stereocenters. The highest BCUT2D eigenvalue weighted by Gasteiger charge is 2.32. The van der Waals surface area contributed by atoms with Gasteiger partial charge >= 0.3 is 14.2 Å². The minimum Gasteiger partial charge on any atom is -0.405 e. The summed E-state index contributed by atoms with van der Waals surface area (Å²) >= 11 is 0. The molecular formula is C40H52B2O4. The van der Waals surface area contributed by atoms with E-state index in [9.17, 15) is 0 Å². The Labute approximate surface area is 277 Å². The largest absolute Gasteiger partial charge is 0.494 e.